The van der Waals surface area contributed by atoms with E-state index in [0.29, 0.717) is 18.0 Å². The fourth-order valence-corrected chi connectivity index (χ4v) is 2.66. The quantitative estimate of drug-likeness (QED) is 0.740. The molecule has 0 unspecified atom stereocenters. The van der Waals surface area contributed by atoms with Gasteiger partial charge in [-0.1, -0.05) is 13.0 Å². The van der Waals surface area contributed by atoms with Crippen molar-refractivity contribution in [2.75, 3.05) is 19.6 Å². The molecule has 0 aliphatic carbocycles. The van der Waals surface area contributed by atoms with Gasteiger partial charge < -0.3 is 5.32 Å². The highest BCUT2D eigenvalue weighted by atomic mass is 32.2. The predicted molar refractivity (Wildman–Crippen MR) is 74.3 cm³/mol. The lowest BCUT2D eigenvalue weighted by Crippen LogP contribution is -2.32. The molecule has 0 saturated heterocycles. The molecule has 0 fully saturated rings. The van der Waals surface area contributed by atoms with Crippen LogP contribution in [0.25, 0.3) is 0 Å². The number of aryl methyl sites for hydroxylation is 2. The lowest BCUT2D eigenvalue weighted by atomic mass is 10.1. The van der Waals surface area contributed by atoms with E-state index in [1.54, 1.807) is 12.1 Å². The molecule has 1 aromatic rings. The molecule has 0 saturated carbocycles. The van der Waals surface area contributed by atoms with E-state index in [0.717, 1.165) is 24.1 Å². The Kier molecular flexibility index (Phi) is 5.78. The molecular formula is C13H22N2O2S. The topological polar surface area (TPSA) is 58.2 Å². The Morgan fingerprint density at radius 1 is 1.06 bits per heavy atom. The Morgan fingerprint density at radius 3 is 2.39 bits per heavy atom. The monoisotopic (exact) mass is 270 g/mol. The van der Waals surface area contributed by atoms with Crippen LogP contribution in [0.15, 0.2) is 23.1 Å². The third kappa shape index (κ3) is 4.40. The van der Waals surface area contributed by atoms with E-state index in [1.165, 1.54) is 0 Å². The van der Waals surface area contributed by atoms with Crippen LogP contribution in [0.1, 0.15) is 24.5 Å². The summed E-state index contributed by atoms with van der Waals surface area (Å²) >= 11 is 0. The molecule has 1 aromatic carbocycles. The van der Waals surface area contributed by atoms with Crippen molar-refractivity contribution in [3.63, 3.8) is 0 Å². The Balaban J connectivity index is 2.60. The van der Waals surface area contributed by atoms with Crippen molar-refractivity contribution < 1.29 is 8.42 Å². The second-order valence-corrected chi connectivity index (χ2v) is 6.16. The molecule has 0 amide bonds. The maximum absolute atomic E-state index is 12.0. The molecule has 102 valence electrons. The molecule has 2 N–H and O–H groups in total. The van der Waals surface area contributed by atoms with Crippen molar-refractivity contribution in [1.29, 1.82) is 0 Å². The maximum atomic E-state index is 12.0. The molecule has 0 radical (unpaired) electrons. The number of benzene rings is 1. The first kappa shape index (κ1) is 15.1. The second kappa shape index (κ2) is 6.87. The summed E-state index contributed by atoms with van der Waals surface area (Å²) in [6, 6.07) is 5.18. The van der Waals surface area contributed by atoms with Crippen LogP contribution >= 0.6 is 0 Å². The van der Waals surface area contributed by atoms with Gasteiger partial charge in [0.25, 0.3) is 0 Å². The molecule has 0 spiro atoms. The van der Waals surface area contributed by atoms with Crippen LogP contribution in [0.2, 0.25) is 0 Å². The zero-order valence-electron chi connectivity index (χ0n) is 11.3. The average molecular weight is 270 g/mol. The lowest BCUT2D eigenvalue weighted by molar-refractivity contribution is 0.575. The summed E-state index contributed by atoms with van der Waals surface area (Å²) in [5.41, 5.74) is 2.08. The van der Waals surface area contributed by atoms with E-state index in [1.807, 2.05) is 19.9 Å². The first-order valence-electron chi connectivity index (χ1n) is 6.25. The van der Waals surface area contributed by atoms with Crippen molar-refractivity contribution >= 4 is 10.0 Å². The SMILES string of the molecule is CCCNCCNS(=O)(=O)c1ccc(C)c(C)c1. The van der Waals surface area contributed by atoms with Gasteiger partial charge in [-0.25, -0.2) is 13.1 Å². The molecule has 0 aliphatic rings. The second-order valence-electron chi connectivity index (χ2n) is 4.39. The summed E-state index contributed by atoms with van der Waals surface area (Å²) in [7, 11) is -3.38. The lowest BCUT2D eigenvalue weighted by Gasteiger charge is -2.09. The van der Waals surface area contributed by atoms with Crippen molar-refractivity contribution in [3.8, 4) is 0 Å². The van der Waals surface area contributed by atoms with Crippen molar-refractivity contribution in [2.45, 2.75) is 32.1 Å². The molecule has 1 rings (SSSR count). The predicted octanol–water partition coefficient (Wildman–Crippen LogP) is 1.58. The third-order valence-corrected chi connectivity index (χ3v) is 4.27. The van der Waals surface area contributed by atoms with Crippen LogP contribution in [0.4, 0.5) is 0 Å². The van der Waals surface area contributed by atoms with E-state index in [2.05, 4.69) is 17.0 Å². The van der Waals surface area contributed by atoms with Crippen LogP contribution in [0.5, 0.6) is 0 Å². The summed E-state index contributed by atoms with van der Waals surface area (Å²) in [6.45, 7) is 7.93. The largest absolute Gasteiger partial charge is 0.315 e. The molecule has 0 bridgehead atoms. The van der Waals surface area contributed by atoms with E-state index in [9.17, 15) is 8.42 Å². The van der Waals surface area contributed by atoms with E-state index in [-0.39, 0.29) is 0 Å². The standard InChI is InChI=1S/C13H22N2O2S/c1-4-7-14-8-9-15-18(16,17)13-6-5-11(2)12(3)10-13/h5-6,10,14-15H,4,7-9H2,1-3H3. The van der Waals surface area contributed by atoms with Gasteiger partial charge in [0, 0.05) is 13.1 Å². The van der Waals surface area contributed by atoms with E-state index in [4.69, 9.17) is 0 Å². The Labute approximate surface area is 110 Å². The number of hydrogen-bond acceptors (Lipinski definition) is 3. The van der Waals surface area contributed by atoms with Gasteiger partial charge >= 0.3 is 0 Å². The highest BCUT2D eigenvalue weighted by molar-refractivity contribution is 7.89. The molecule has 0 aromatic heterocycles. The summed E-state index contributed by atoms with van der Waals surface area (Å²) < 4.78 is 26.6. The van der Waals surface area contributed by atoms with Crippen LogP contribution in [-0.2, 0) is 10.0 Å². The molecular weight excluding hydrogens is 248 g/mol. The first-order valence-corrected chi connectivity index (χ1v) is 7.73. The molecule has 5 heteroatoms. The minimum atomic E-state index is -3.38. The van der Waals surface area contributed by atoms with Gasteiger partial charge in [-0.15, -0.1) is 0 Å². The van der Waals surface area contributed by atoms with Crippen LogP contribution in [0, 0.1) is 13.8 Å². The fourth-order valence-electron chi connectivity index (χ4n) is 1.54. The fraction of sp³-hybridized carbons (Fsp3) is 0.538. The van der Waals surface area contributed by atoms with Gasteiger partial charge in [0.15, 0.2) is 0 Å². The van der Waals surface area contributed by atoms with Gasteiger partial charge in [0.1, 0.15) is 0 Å². The Hall–Kier alpha value is -0.910. The van der Waals surface area contributed by atoms with Crippen molar-refractivity contribution in [1.82, 2.24) is 10.0 Å². The number of nitrogens with one attached hydrogen (secondary N) is 2. The smallest absolute Gasteiger partial charge is 0.240 e. The van der Waals surface area contributed by atoms with Gasteiger partial charge in [-0.05, 0) is 50.1 Å². The third-order valence-electron chi connectivity index (χ3n) is 2.81. The highest BCUT2D eigenvalue weighted by Gasteiger charge is 2.13. The average Bonchev–Trinajstić information content (AvgIpc) is 2.32. The highest BCUT2D eigenvalue weighted by Crippen LogP contribution is 2.14. The maximum Gasteiger partial charge on any atom is 0.240 e. The minimum absolute atomic E-state index is 0.334. The zero-order chi connectivity index (χ0) is 13.6. The van der Waals surface area contributed by atoms with Crippen LogP contribution in [-0.4, -0.2) is 28.1 Å². The summed E-state index contributed by atoms with van der Waals surface area (Å²) in [5, 5.41) is 3.15. The zero-order valence-corrected chi connectivity index (χ0v) is 12.1. The van der Waals surface area contributed by atoms with Crippen molar-refractivity contribution in [2.24, 2.45) is 0 Å². The van der Waals surface area contributed by atoms with Crippen LogP contribution in [0.3, 0.4) is 0 Å². The summed E-state index contributed by atoms with van der Waals surface area (Å²) in [6.07, 6.45) is 1.05. The first-order chi connectivity index (χ1) is 8.47. The normalized spacial score (nSPS) is 11.7. The van der Waals surface area contributed by atoms with E-state index < -0.39 is 10.0 Å². The van der Waals surface area contributed by atoms with Gasteiger partial charge in [0.2, 0.25) is 10.0 Å². The number of sulfonamides is 1. The molecule has 4 nitrogen and oxygen atoms in total. The summed E-state index contributed by atoms with van der Waals surface area (Å²) in [4.78, 5) is 0.334. The molecule has 0 atom stereocenters. The van der Waals surface area contributed by atoms with Gasteiger partial charge in [-0.3, -0.25) is 0 Å². The summed E-state index contributed by atoms with van der Waals surface area (Å²) in [5.74, 6) is 0. The minimum Gasteiger partial charge on any atom is -0.315 e. The van der Waals surface area contributed by atoms with Gasteiger partial charge in [0.05, 0.1) is 4.90 Å². The molecule has 18 heavy (non-hydrogen) atoms. The van der Waals surface area contributed by atoms with Crippen molar-refractivity contribution in [3.05, 3.63) is 29.3 Å². The Bertz CT molecular complexity index is 484. The van der Waals surface area contributed by atoms with Crippen LogP contribution < -0.4 is 10.0 Å². The Morgan fingerprint density at radius 2 is 1.78 bits per heavy atom. The molecule has 0 aliphatic heterocycles. The van der Waals surface area contributed by atoms with Gasteiger partial charge in [-0.2, -0.15) is 0 Å². The number of rotatable bonds is 7. The number of hydrogen-bond donors (Lipinski definition) is 2. The van der Waals surface area contributed by atoms with E-state index >= 15 is 0 Å². The molecule has 0 heterocycles.